The molecule has 0 radical (unpaired) electrons. The molecule has 5 rings (SSSR count). The Morgan fingerprint density at radius 3 is 2.50 bits per heavy atom. The molecule has 2 amide bonds. The lowest BCUT2D eigenvalue weighted by molar-refractivity contribution is -0.274. The molecule has 2 N–H and O–H groups in total. The molecule has 0 saturated heterocycles. The molecule has 44 heavy (non-hydrogen) atoms. The zero-order valence-corrected chi connectivity index (χ0v) is 24.9. The second kappa shape index (κ2) is 12.7. The van der Waals surface area contributed by atoms with E-state index in [9.17, 15) is 22.8 Å². The number of nitrogens with one attached hydrogen (secondary N) is 2. The van der Waals surface area contributed by atoms with Crippen LogP contribution in [-0.2, 0) is 11.3 Å². The van der Waals surface area contributed by atoms with Crippen molar-refractivity contribution in [3.8, 4) is 5.75 Å². The summed E-state index contributed by atoms with van der Waals surface area (Å²) in [7, 11) is 0. The summed E-state index contributed by atoms with van der Waals surface area (Å²) < 4.78 is 43.1. The number of carbonyl (C=O) groups excluding carboxylic acids is 2. The highest BCUT2D eigenvalue weighted by molar-refractivity contribution is 6.46. The number of hydrogen-bond donors (Lipinski definition) is 2. The van der Waals surface area contributed by atoms with Gasteiger partial charge in [-0.1, -0.05) is 56.7 Å². The fraction of sp³-hybridized carbons (Fsp3) is 0.484. The first-order valence-electron chi connectivity index (χ1n) is 14.9. The normalized spacial score (nSPS) is 21.1. The molecule has 1 atom stereocenters. The number of H-pyrrole nitrogens is 1. The minimum Gasteiger partial charge on any atom is -0.406 e. The smallest absolute Gasteiger partial charge is 0.406 e. The summed E-state index contributed by atoms with van der Waals surface area (Å²) in [6, 6.07) is 12.2. The average molecular weight is 612 g/mol. The van der Waals surface area contributed by atoms with E-state index in [1.807, 2.05) is 24.0 Å². The summed E-state index contributed by atoms with van der Waals surface area (Å²) in [5.41, 5.74) is 0.892. The molecule has 234 valence electrons. The fourth-order valence-corrected chi connectivity index (χ4v) is 6.29. The summed E-state index contributed by atoms with van der Waals surface area (Å²) in [5.74, 6) is 0.310. The van der Waals surface area contributed by atoms with Gasteiger partial charge in [-0.2, -0.15) is 5.21 Å². The van der Waals surface area contributed by atoms with Gasteiger partial charge in [0.25, 0.3) is 11.8 Å². The van der Waals surface area contributed by atoms with Gasteiger partial charge < -0.3 is 15.0 Å². The number of rotatable bonds is 10. The van der Waals surface area contributed by atoms with Crippen LogP contribution < -0.4 is 10.1 Å². The van der Waals surface area contributed by atoms with Gasteiger partial charge in [0.05, 0.1) is 12.6 Å². The number of halogens is 3. The fourth-order valence-electron chi connectivity index (χ4n) is 6.29. The van der Waals surface area contributed by atoms with Crippen molar-refractivity contribution < 1.29 is 27.5 Å². The average Bonchev–Trinajstić information content (AvgIpc) is 3.61. The summed E-state index contributed by atoms with van der Waals surface area (Å²) in [6.07, 6.45) is -0.367. The molecule has 13 heteroatoms. The van der Waals surface area contributed by atoms with E-state index in [0.29, 0.717) is 42.5 Å². The molecule has 3 aromatic rings. The highest BCUT2D eigenvalue weighted by atomic mass is 19.4. The van der Waals surface area contributed by atoms with Crippen LogP contribution >= 0.6 is 0 Å². The molecule has 1 aliphatic carbocycles. The lowest BCUT2D eigenvalue weighted by atomic mass is 9.76. The van der Waals surface area contributed by atoms with Crippen molar-refractivity contribution in [2.45, 2.75) is 83.9 Å². The molecule has 1 aliphatic heterocycles. The maximum absolute atomic E-state index is 14.3. The molecule has 1 aromatic heterocycles. The first kappa shape index (κ1) is 31.1. The molecular weight excluding hydrogens is 575 g/mol. The summed E-state index contributed by atoms with van der Waals surface area (Å²) in [5, 5.41) is 16.2. The SMILES string of the molecule is CCC[C@H](c1ccc(C(=O)NCc2nn[nH]n2)cc1)N1C(=O)C(c2cccc(OC(F)(F)F)c2)=NC12CCC(C(C)C)CC2. The van der Waals surface area contributed by atoms with Gasteiger partial charge in [-0.05, 0) is 73.8 Å². The van der Waals surface area contributed by atoms with E-state index < -0.39 is 17.8 Å². The molecule has 1 saturated carbocycles. The Hall–Kier alpha value is -4.29. The van der Waals surface area contributed by atoms with Crippen LogP contribution in [0.1, 0.15) is 92.6 Å². The van der Waals surface area contributed by atoms with Gasteiger partial charge >= 0.3 is 6.36 Å². The van der Waals surface area contributed by atoms with E-state index in [4.69, 9.17) is 4.99 Å². The second-order valence-corrected chi connectivity index (χ2v) is 11.7. The van der Waals surface area contributed by atoms with Crippen LogP contribution in [-0.4, -0.2) is 55.1 Å². The lowest BCUT2D eigenvalue weighted by Gasteiger charge is -2.46. The van der Waals surface area contributed by atoms with Gasteiger partial charge in [-0.3, -0.25) is 14.6 Å². The Kier molecular flexibility index (Phi) is 9.02. The molecule has 0 unspecified atom stereocenters. The maximum Gasteiger partial charge on any atom is 0.573 e. The number of alkyl halides is 3. The van der Waals surface area contributed by atoms with Crippen molar-refractivity contribution in [2.75, 3.05) is 0 Å². The van der Waals surface area contributed by atoms with E-state index in [1.54, 1.807) is 18.2 Å². The Morgan fingerprint density at radius 1 is 1.16 bits per heavy atom. The molecule has 1 fully saturated rings. The van der Waals surface area contributed by atoms with Crippen LogP contribution in [0.2, 0.25) is 0 Å². The largest absolute Gasteiger partial charge is 0.573 e. The first-order chi connectivity index (χ1) is 21.0. The number of tetrazole rings is 1. The Bertz CT molecular complexity index is 1480. The quantitative estimate of drug-likeness (QED) is 0.301. The number of aromatic nitrogens is 4. The predicted molar refractivity (Wildman–Crippen MR) is 155 cm³/mol. The molecule has 10 nitrogen and oxygen atoms in total. The van der Waals surface area contributed by atoms with Crippen molar-refractivity contribution in [1.29, 1.82) is 0 Å². The zero-order chi connectivity index (χ0) is 31.5. The summed E-state index contributed by atoms with van der Waals surface area (Å²) in [6.45, 7) is 6.55. The van der Waals surface area contributed by atoms with Crippen LogP contribution in [0, 0.1) is 11.8 Å². The monoisotopic (exact) mass is 611 g/mol. The van der Waals surface area contributed by atoms with Gasteiger partial charge in [-0.15, -0.1) is 23.4 Å². The van der Waals surface area contributed by atoms with Gasteiger partial charge in [0.1, 0.15) is 17.1 Å². The second-order valence-electron chi connectivity index (χ2n) is 11.7. The number of aromatic amines is 1. The third-order valence-corrected chi connectivity index (χ3v) is 8.53. The lowest BCUT2D eigenvalue weighted by Crippen LogP contribution is -2.51. The zero-order valence-electron chi connectivity index (χ0n) is 24.9. The highest BCUT2D eigenvalue weighted by Crippen LogP contribution is 2.48. The highest BCUT2D eigenvalue weighted by Gasteiger charge is 2.52. The predicted octanol–water partition coefficient (Wildman–Crippen LogP) is 5.74. The van der Waals surface area contributed by atoms with E-state index >= 15 is 0 Å². The van der Waals surface area contributed by atoms with Crippen molar-refractivity contribution in [3.63, 3.8) is 0 Å². The number of hydrogen-bond acceptors (Lipinski definition) is 7. The van der Waals surface area contributed by atoms with Crippen molar-refractivity contribution >= 4 is 17.5 Å². The van der Waals surface area contributed by atoms with Gasteiger partial charge in [-0.25, -0.2) is 0 Å². The minimum atomic E-state index is -4.86. The number of amides is 2. The van der Waals surface area contributed by atoms with Gasteiger partial charge in [0.15, 0.2) is 5.82 Å². The summed E-state index contributed by atoms with van der Waals surface area (Å²) in [4.78, 5) is 33.9. The van der Waals surface area contributed by atoms with E-state index in [1.165, 1.54) is 18.2 Å². The van der Waals surface area contributed by atoms with E-state index in [-0.39, 0.29) is 35.7 Å². The van der Waals surface area contributed by atoms with Crippen LogP contribution in [0.15, 0.2) is 53.5 Å². The van der Waals surface area contributed by atoms with E-state index in [2.05, 4.69) is 44.5 Å². The molecule has 0 bridgehead atoms. The number of nitrogens with zero attached hydrogens (tertiary/aromatic N) is 5. The standard InChI is InChI=1S/C31H36F3N7O3/c1-4-6-25(21-9-11-22(12-10-21)28(42)35-18-26-37-39-40-38-26)41-29(43)27(23-7-5-8-24(17-23)44-31(32,33)34)36-30(41)15-13-20(14-16-30)19(2)3/h5,7-12,17,19-20,25H,4,6,13-16,18H2,1-3H3,(H,35,42)(H,37,38,39,40)/t20?,25-,30?/m1/s1. The van der Waals surface area contributed by atoms with Crippen LogP contribution in [0.3, 0.4) is 0 Å². The first-order valence-corrected chi connectivity index (χ1v) is 14.9. The molecular formula is C31H36F3N7O3. The van der Waals surface area contributed by atoms with Gasteiger partial charge in [0.2, 0.25) is 0 Å². The minimum absolute atomic E-state index is 0.118. The molecule has 2 aromatic carbocycles. The topological polar surface area (TPSA) is 125 Å². The Balaban J connectivity index is 1.46. The third kappa shape index (κ3) is 6.76. The number of aliphatic imine (C=N–C) groups is 1. The summed E-state index contributed by atoms with van der Waals surface area (Å²) >= 11 is 0. The van der Waals surface area contributed by atoms with E-state index in [0.717, 1.165) is 24.8 Å². The molecule has 2 aliphatic rings. The van der Waals surface area contributed by atoms with Crippen LogP contribution in [0.25, 0.3) is 0 Å². The number of ether oxygens (including phenoxy) is 1. The number of carbonyl (C=O) groups is 2. The van der Waals surface area contributed by atoms with Crippen LogP contribution in [0.4, 0.5) is 13.2 Å². The van der Waals surface area contributed by atoms with Crippen molar-refractivity contribution in [2.24, 2.45) is 16.8 Å². The van der Waals surface area contributed by atoms with Crippen molar-refractivity contribution in [3.05, 3.63) is 71.0 Å². The van der Waals surface area contributed by atoms with Gasteiger partial charge in [0, 0.05) is 11.1 Å². The maximum atomic E-state index is 14.3. The third-order valence-electron chi connectivity index (χ3n) is 8.53. The Morgan fingerprint density at radius 2 is 1.89 bits per heavy atom. The number of benzene rings is 2. The van der Waals surface area contributed by atoms with Crippen LogP contribution in [0.5, 0.6) is 5.75 Å². The van der Waals surface area contributed by atoms with Crippen molar-refractivity contribution in [1.82, 2.24) is 30.8 Å². The molecule has 2 heterocycles. The molecule has 1 spiro atoms. The Labute approximate surface area is 253 Å².